The number of hydrogen-bond acceptors (Lipinski definition) is 3. The molecule has 3 heteroatoms. The maximum atomic E-state index is 12.8. The first-order chi connectivity index (χ1) is 12.0. The molecule has 0 heterocycles. The Morgan fingerprint density at radius 1 is 0.720 bits per heavy atom. The SMILES string of the molecule is Cc1ccc(C(=O)C2CCCC(C(=O)c3ccc(C)cc3)C2=O)cc1. The van der Waals surface area contributed by atoms with E-state index in [-0.39, 0.29) is 17.3 Å². The van der Waals surface area contributed by atoms with Crippen molar-refractivity contribution in [2.45, 2.75) is 33.1 Å². The number of Topliss-reactive ketones (excluding diaryl/α,β-unsaturated/α-hetero) is 3. The van der Waals surface area contributed by atoms with Crippen LogP contribution in [0.1, 0.15) is 51.1 Å². The van der Waals surface area contributed by atoms with E-state index < -0.39 is 11.8 Å². The van der Waals surface area contributed by atoms with Gasteiger partial charge in [-0.2, -0.15) is 0 Å². The van der Waals surface area contributed by atoms with Crippen LogP contribution in [0.4, 0.5) is 0 Å². The summed E-state index contributed by atoms with van der Waals surface area (Å²) in [6.07, 6.45) is 1.78. The average Bonchev–Trinajstić information content (AvgIpc) is 2.62. The molecule has 2 unspecified atom stereocenters. The normalized spacial score (nSPS) is 20.3. The van der Waals surface area contributed by atoms with Crippen LogP contribution in [0, 0.1) is 25.7 Å². The van der Waals surface area contributed by atoms with Crippen molar-refractivity contribution in [1.82, 2.24) is 0 Å². The van der Waals surface area contributed by atoms with E-state index in [1.165, 1.54) is 0 Å². The van der Waals surface area contributed by atoms with Gasteiger partial charge in [0.25, 0.3) is 0 Å². The summed E-state index contributed by atoms with van der Waals surface area (Å²) in [6.45, 7) is 3.91. The maximum absolute atomic E-state index is 12.8. The lowest BCUT2D eigenvalue weighted by molar-refractivity contribution is -0.125. The van der Waals surface area contributed by atoms with Gasteiger partial charge in [-0.25, -0.2) is 0 Å². The van der Waals surface area contributed by atoms with Crippen LogP contribution in [-0.2, 0) is 4.79 Å². The van der Waals surface area contributed by atoms with E-state index >= 15 is 0 Å². The van der Waals surface area contributed by atoms with Crippen molar-refractivity contribution in [3.05, 3.63) is 70.8 Å². The summed E-state index contributed by atoms with van der Waals surface area (Å²) >= 11 is 0. The van der Waals surface area contributed by atoms with Crippen LogP contribution in [0.5, 0.6) is 0 Å². The quantitative estimate of drug-likeness (QED) is 0.617. The van der Waals surface area contributed by atoms with Crippen molar-refractivity contribution >= 4 is 17.3 Å². The molecule has 0 aliphatic heterocycles. The second-order valence-corrected chi connectivity index (χ2v) is 6.90. The molecule has 0 amide bonds. The van der Waals surface area contributed by atoms with Gasteiger partial charge >= 0.3 is 0 Å². The van der Waals surface area contributed by atoms with Crippen LogP contribution in [0.15, 0.2) is 48.5 Å². The van der Waals surface area contributed by atoms with Crippen molar-refractivity contribution in [1.29, 1.82) is 0 Å². The molecule has 0 N–H and O–H groups in total. The van der Waals surface area contributed by atoms with Crippen molar-refractivity contribution in [3.63, 3.8) is 0 Å². The lowest BCUT2D eigenvalue weighted by Gasteiger charge is -2.26. The number of ketones is 3. The molecule has 0 saturated heterocycles. The van der Waals surface area contributed by atoms with Gasteiger partial charge in [0.05, 0.1) is 11.8 Å². The fourth-order valence-corrected chi connectivity index (χ4v) is 3.41. The maximum Gasteiger partial charge on any atom is 0.173 e. The molecular weight excluding hydrogens is 312 g/mol. The van der Waals surface area contributed by atoms with Gasteiger partial charge in [0, 0.05) is 11.1 Å². The Kier molecular flexibility index (Phi) is 4.93. The van der Waals surface area contributed by atoms with E-state index in [4.69, 9.17) is 0 Å². The highest BCUT2D eigenvalue weighted by atomic mass is 16.2. The van der Waals surface area contributed by atoms with Gasteiger partial charge in [-0.05, 0) is 26.7 Å². The Morgan fingerprint density at radius 3 is 1.44 bits per heavy atom. The summed E-state index contributed by atoms with van der Waals surface area (Å²) in [5.74, 6) is -1.94. The van der Waals surface area contributed by atoms with Crippen molar-refractivity contribution in [3.8, 4) is 0 Å². The first-order valence-corrected chi connectivity index (χ1v) is 8.73. The first kappa shape index (κ1) is 17.3. The minimum Gasteiger partial charge on any atom is -0.298 e. The monoisotopic (exact) mass is 334 g/mol. The molecule has 1 fully saturated rings. The second kappa shape index (κ2) is 7.14. The highest BCUT2D eigenvalue weighted by Crippen LogP contribution is 2.31. The lowest BCUT2D eigenvalue weighted by atomic mass is 9.74. The largest absolute Gasteiger partial charge is 0.298 e. The molecular formula is C22H22O3. The number of carbonyl (C=O) groups excluding carboxylic acids is 3. The zero-order chi connectivity index (χ0) is 18.0. The smallest absolute Gasteiger partial charge is 0.173 e. The minimum atomic E-state index is -0.698. The molecule has 2 aromatic carbocycles. The van der Waals surface area contributed by atoms with Gasteiger partial charge < -0.3 is 0 Å². The topological polar surface area (TPSA) is 51.2 Å². The minimum absolute atomic E-state index is 0.161. The third-order valence-corrected chi connectivity index (χ3v) is 4.98. The number of aryl methyl sites for hydroxylation is 2. The van der Waals surface area contributed by atoms with Crippen LogP contribution in [0.25, 0.3) is 0 Å². The van der Waals surface area contributed by atoms with Crippen molar-refractivity contribution in [2.24, 2.45) is 11.8 Å². The number of hydrogen-bond donors (Lipinski definition) is 0. The van der Waals surface area contributed by atoms with Gasteiger partial charge in [0.1, 0.15) is 0 Å². The Labute approximate surface area is 148 Å². The van der Waals surface area contributed by atoms with E-state index in [0.29, 0.717) is 24.0 Å². The zero-order valence-electron chi connectivity index (χ0n) is 14.6. The molecule has 3 nitrogen and oxygen atoms in total. The van der Waals surface area contributed by atoms with Gasteiger partial charge in [-0.1, -0.05) is 66.1 Å². The molecule has 0 aromatic heterocycles. The van der Waals surface area contributed by atoms with E-state index in [0.717, 1.165) is 17.5 Å². The summed E-state index contributed by atoms with van der Waals surface area (Å²) in [4.78, 5) is 38.3. The predicted octanol–water partition coefficient (Wildman–Crippen LogP) is 4.35. The summed E-state index contributed by atoms with van der Waals surface area (Å²) in [5.41, 5.74) is 3.23. The third kappa shape index (κ3) is 3.60. The predicted molar refractivity (Wildman–Crippen MR) is 96.9 cm³/mol. The van der Waals surface area contributed by atoms with Gasteiger partial charge in [-0.15, -0.1) is 0 Å². The number of carbonyl (C=O) groups is 3. The number of benzene rings is 2. The van der Waals surface area contributed by atoms with E-state index in [9.17, 15) is 14.4 Å². The molecule has 0 spiro atoms. The van der Waals surface area contributed by atoms with Crippen LogP contribution < -0.4 is 0 Å². The molecule has 1 aliphatic carbocycles. The van der Waals surface area contributed by atoms with E-state index in [2.05, 4.69) is 0 Å². The fourth-order valence-electron chi connectivity index (χ4n) is 3.41. The Morgan fingerprint density at radius 2 is 1.08 bits per heavy atom. The summed E-state index contributed by atoms with van der Waals surface area (Å²) < 4.78 is 0. The van der Waals surface area contributed by atoms with Crippen LogP contribution in [0.2, 0.25) is 0 Å². The van der Waals surface area contributed by atoms with Gasteiger partial charge in [-0.3, -0.25) is 14.4 Å². The molecule has 128 valence electrons. The molecule has 2 aromatic rings. The van der Waals surface area contributed by atoms with Crippen LogP contribution >= 0.6 is 0 Å². The van der Waals surface area contributed by atoms with E-state index in [1.54, 1.807) is 24.3 Å². The molecule has 2 atom stereocenters. The van der Waals surface area contributed by atoms with Crippen molar-refractivity contribution < 1.29 is 14.4 Å². The first-order valence-electron chi connectivity index (χ1n) is 8.73. The molecule has 1 saturated carbocycles. The van der Waals surface area contributed by atoms with Crippen LogP contribution in [0.3, 0.4) is 0 Å². The zero-order valence-corrected chi connectivity index (χ0v) is 14.6. The number of rotatable bonds is 4. The Hall–Kier alpha value is -2.55. The molecule has 1 aliphatic rings. The molecule has 25 heavy (non-hydrogen) atoms. The van der Waals surface area contributed by atoms with Gasteiger partial charge in [0.2, 0.25) is 0 Å². The fraction of sp³-hybridized carbons (Fsp3) is 0.318. The third-order valence-electron chi connectivity index (χ3n) is 4.98. The molecule has 3 rings (SSSR count). The summed E-state index contributed by atoms with van der Waals surface area (Å²) in [7, 11) is 0. The summed E-state index contributed by atoms with van der Waals surface area (Å²) in [6, 6.07) is 14.5. The Bertz CT molecular complexity index is 733. The Balaban J connectivity index is 1.80. The van der Waals surface area contributed by atoms with Crippen molar-refractivity contribution in [2.75, 3.05) is 0 Å². The molecule has 0 radical (unpaired) electrons. The lowest BCUT2D eigenvalue weighted by Crippen LogP contribution is -2.37. The second-order valence-electron chi connectivity index (χ2n) is 6.90. The van der Waals surface area contributed by atoms with E-state index in [1.807, 2.05) is 38.1 Å². The highest BCUT2D eigenvalue weighted by molar-refractivity contribution is 6.19. The standard InChI is InChI=1S/C22H22O3/c1-14-6-10-16(11-7-14)20(23)18-4-3-5-19(22(18)25)21(24)17-12-8-15(2)9-13-17/h6-13,18-19H,3-5H2,1-2H3. The average molecular weight is 334 g/mol. The highest BCUT2D eigenvalue weighted by Gasteiger charge is 2.39. The van der Waals surface area contributed by atoms with Crippen LogP contribution in [-0.4, -0.2) is 17.3 Å². The summed E-state index contributed by atoms with van der Waals surface area (Å²) in [5, 5.41) is 0. The molecule has 0 bridgehead atoms. The van der Waals surface area contributed by atoms with Gasteiger partial charge in [0.15, 0.2) is 17.3 Å².